The smallest absolute Gasteiger partial charge is 0.220 e. The number of benzene rings is 2. The SMILES string of the molecule is COc1ccc(C(O)CNC(=O)CCc2ccccc2)cc1OC. The lowest BCUT2D eigenvalue weighted by molar-refractivity contribution is -0.121. The third-order valence-electron chi connectivity index (χ3n) is 3.77. The topological polar surface area (TPSA) is 67.8 Å². The lowest BCUT2D eigenvalue weighted by Crippen LogP contribution is -2.28. The van der Waals surface area contributed by atoms with Crippen molar-refractivity contribution in [1.82, 2.24) is 5.32 Å². The summed E-state index contributed by atoms with van der Waals surface area (Å²) >= 11 is 0. The summed E-state index contributed by atoms with van der Waals surface area (Å²) in [5.74, 6) is 1.06. The molecule has 0 aromatic heterocycles. The third kappa shape index (κ3) is 4.99. The molecule has 0 bridgehead atoms. The molecular formula is C19H23NO4. The number of carbonyl (C=O) groups excluding carboxylic acids is 1. The summed E-state index contributed by atoms with van der Waals surface area (Å²) in [4.78, 5) is 11.9. The molecule has 1 unspecified atom stereocenters. The van der Waals surface area contributed by atoms with Crippen LogP contribution in [-0.2, 0) is 11.2 Å². The van der Waals surface area contributed by atoms with Crippen LogP contribution in [0.4, 0.5) is 0 Å². The maximum absolute atomic E-state index is 11.9. The molecule has 0 radical (unpaired) electrons. The Morgan fingerprint density at radius 1 is 1.08 bits per heavy atom. The summed E-state index contributed by atoms with van der Waals surface area (Å²) < 4.78 is 10.4. The van der Waals surface area contributed by atoms with E-state index in [9.17, 15) is 9.90 Å². The Balaban J connectivity index is 1.84. The Bertz CT molecular complexity index is 658. The van der Waals surface area contributed by atoms with E-state index in [2.05, 4.69) is 5.32 Å². The fourth-order valence-corrected chi connectivity index (χ4v) is 2.38. The van der Waals surface area contributed by atoms with E-state index in [0.717, 1.165) is 5.56 Å². The van der Waals surface area contributed by atoms with Crippen molar-refractivity contribution in [2.45, 2.75) is 18.9 Å². The van der Waals surface area contributed by atoms with E-state index < -0.39 is 6.10 Å². The molecule has 1 atom stereocenters. The molecule has 0 saturated carbocycles. The number of amides is 1. The zero-order chi connectivity index (χ0) is 17.4. The van der Waals surface area contributed by atoms with Crippen molar-refractivity contribution in [1.29, 1.82) is 0 Å². The molecule has 2 N–H and O–H groups in total. The minimum Gasteiger partial charge on any atom is -0.493 e. The van der Waals surface area contributed by atoms with Crippen molar-refractivity contribution in [3.8, 4) is 11.5 Å². The maximum Gasteiger partial charge on any atom is 0.220 e. The van der Waals surface area contributed by atoms with Gasteiger partial charge in [0.25, 0.3) is 0 Å². The number of rotatable bonds is 8. The minimum atomic E-state index is -0.800. The molecule has 128 valence electrons. The summed E-state index contributed by atoms with van der Waals surface area (Å²) in [5, 5.41) is 13.0. The number of aliphatic hydroxyl groups excluding tert-OH is 1. The van der Waals surface area contributed by atoms with Gasteiger partial charge in [-0.3, -0.25) is 4.79 Å². The number of nitrogens with one attached hydrogen (secondary N) is 1. The van der Waals surface area contributed by atoms with Crippen LogP contribution in [0.3, 0.4) is 0 Å². The number of carbonyl (C=O) groups is 1. The first-order valence-corrected chi connectivity index (χ1v) is 7.84. The standard InChI is InChI=1S/C19H23NO4/c1-23-17-10-9-15(12-18(17)24-2)16(21)13-20-19(22)11-8-14-6-4-3-5-7-14/h3-7,9-10,12,16,21H,8,11,13H2,1-2H3,(H,20,22). The van der Waals surface area contributed by atoms with Crippen molar-refractivity contribution in [2.24, 2.45) is 0 Å². The highest BCUT2D eigenvalue weighted by molar-refractivity contribution is 5.76. The molecule has 2 aromatic carbocycles. The fourth-order valence-electron chi connectivity index (χ4n) is 2.38. The van der Waals surface area contributed by atoms with Crippen molar-refractivity contribution < 1.29 is 19.4 Å². The Labute approximate surface area is 142 Å². The van der Waals surface area contributed by atoms with Crippen LogP contribution >= 0.6 is 0 Å². The summed E-state index contributed by atoms with van der Waals surface area (Å²) in [7, 11) is 3.10. The van der Waals surface area contributed by atoms with Gasteiger partial charge in [-0.1, -0.05) is 36.4 Å². The van der Waals surface area contributed by atoms with Gasteiger partial charge < -0.3 is 19.9 Å². The van der Waals surface area contributed by atoms with Crippen LogP contribution in [-0.4, -0.2) is 31.8 Å². The van der Waals surface area contributed by atoms with Crippen LogP contribution in [0.15, 0.2) is 48.5 Å². The van der Waals surface area contributed by atoms with E-state index in [1.165, 1.54) is 0 Å². The average molecular weight is 329 g/mol. The lowest BCUT2D eigenvalue weighted by atomic mass is 10.1. The van der Waals surface area contributed by atoms with Crippen LogP contribution in [0.2, 0.25) is 0 Å². The van der Waals surface area contributed by atoms with Gasteiger partial charge in [0.05, 0.1) is 20.3 Å². The fraction of sp³-hybridized carbons (Fsp3) is 0.316. The molecule has 2 rings (SSSR count). The quantitative estimate of drug-likeness (QED) is 0.781. The first-order valence-electron chi connectivity index (χ1n) is 7.84. The van der Waals surface area contributed by atoms with Crippen LogP contribution in [0.5, 0.6) is 11.5 Å². The van der Waals surface area contributed by atoms with Crippen LogP contribution in [0.25, 0.3) is 0 Å². The van der Waals surface area contributed by atoms with Gasteiger partial charge in [-0.05, 0) is 29.7 Å². The number of hydrogen-bond donors (Lipinski definition) is 2. The molecule has 0 fully saturated rings. The molecule has 0 aliphatic heterocycles. The Kier molecular flexibility index (Phi) is 6.63. The van der Waals surface area contributed by atoms with E-state index in [1.807, 2.05) is 30.3 Å². The zero-order valence-electron chi connectivity index (χ0n) is 14.0. The molecule has 0 heterocycles. The molecule has 1 amide bonds. The van der Waals surface area contributed by atoms with Gasteiger partial charge >= 0.3 is 0 Å². The second kappa shape index (κ2) is 8.93. The molecule has 5 nitrogen and oxygen atoms in total. The summed E-state index contributed by atoms with van der Waals surface area (Å²) in [6.45, 7) is 0.156. The summed E-state index contributed by atoms with van der Waals surface area (Å²) in [6, 6.07) is 15.0. The first-order chi connectivity index (χ1) is 11.6. The molecule has 24 heavy (non-hydrogen) atoms. The number of ether oxygens (including phenoxy) is 2. The second-order valence-corrected chi connectivity index (χ2v) is 5.42. The molecule has 0 aliphatic carbocycles. The van der Waals surface area contributed by atoms with Gasteiger partial charge in [-0.2, -0.15) is 0 Å². The van der Waals surface area contributed by atoms with Gasteiger partial charge in [0.1, 0.15) is 0 Å². The number of methoxy groups -OCH3 is 2. The Morgan fingerprint density at radius 3 is 2.46 bits per heavy atom. The molecule has 0 saturated heterocycles. The van der Waals surface area contributed by atoms with Crippen molar-refractivity contribution in [3.05, 3.63) is 59.7 Å². The molecule has 0 aliphatic rings. The molecule has 5 heteroatoms. The number of hydrogen-bond acceptors (Lipinski definition) is 4. The first kappa shape index (κ1) is 17.8. The van der Waals surface area contributed by atoms with Gasteiger partial charge in [-0.25, -0.2) is 0 Å². The van der Waals surface area contributed by atoms with Crippen LogP contribution in [0.1, 0.15) is 23.7 Å². The monoisotopic (exact) mass is 329 g/mol. The predicted octanol–water partition coefficient (Wildman–Crippen LogP) is 2.49. The van der Waals surface area contributed by atoms with E-state index in [-0.39, 0.29) is 12.5 Å². The van der Waals surface area contributed by atoms with Crippen molar-refractivity contribution >= 4 is 5.91 Å². The maximum atomic E-state index is 11.9. The summed E-state index contributed by atoms with van der Waals surface area (Å²) in [5.41, 5.74) is 1.78. The lowest BCUT2D eigenvalue weighted by Gasteiger charge is -2.15. The van der Waals surface area contributed by atoms with E-state index >= 15 is 0 Å². The van der Waals surface area contributed by atoms with Gasteiger partial charge in [0.15, 0.2) is 11.5 Å². The predicted molar refractivity (Wildman–Crippen MR) is 92.3 cm³/mol. The highest BCUT2D eigenvalue weighted by Gasteiger charge is 2.13. The zero-order valence-corrected chi connectivity index (χ0v) is 14.0. The van der Waals surface area contributed by atoms with E-state index in [0.29, 0.717) is 29.9 Å². The van der Waals surface area contributed by atoms with Crippen LogP contribution < -0.4 is 14.8 Å². The highest BCUT2D eigenvalue weighted by atomic mass is 16.5. The number of aliphatic hydroxyl groups is 1. The largest absolute Gasteiger partial charge is 0.493 e. The number of aryl methyl sites for hydroxylation is 1. The second-order valence-electron chi connectivity index (χ2n) is 5.42. The average Bonchev–Trinajstić information content (AvgIpc) is 2.64. The molecular weight excluding hydrogens is 306 g/mol. The summed E-state index contributed by atoms with van der Waals surface area (Å²) in [6.07, 6.45) is 0.271. The highest BCUT2D eigenvalue weighted by Crippen LogP contribution is 2.29. The van der Waals surface area contributed by atoms with Gasteiger partial charge in [-0.15, -0.1) is 0 Å². The molecule has 2 aromatic rings. The van der Waals surface area contributed by atoms with Crippen molar-refractivity contribution in [2.75, 3.05) is 20.8 Å². The third-order valence-corrected chi connectivity index (χ3v) is 3.77. The van der Waals surface area contributed by atoms with Crippen LogP contribution in [0, 0.1) is 0 Å². The van der Waals surface area contributed by atoms with E-state index in [1.54, 1.807) is 32.4 Å². The van der Waals surface area contributed by atoms with Gasteiger partial charge in [0.2, 0.25) is 5.91 Å². The minimum absolute atomic E-state index is 0.0848. The van der Waals surface area contributed by atoms with E-state index in [4.69, 9.17) is 9.47 Å². The Hall–Kier alpha value is -2.53. The van der Waals surface area contributed by atoms with Crippen molar-refractivity contribution in [3.63, 3.8) is 0 Å². The molecule has 0 spiro atoms. The van der Waals surface area contributed by atoms with Gasteiger partial charge in [0, 0.05) is 13.0 Å². The Morgan fingerprint density at radius 2 is 1.79 bits per heavy atom. The normalized spacial score (nSPS) is 11.6.